The number of benzene rings is 1. The second-order valence-electron chi connectivity index (χ2n) is 6.60. The van der Waals surface area contributed by atoms with Crippen LogP contribution in [0.25, 0.3) is 0 Å². The van der Waals surface area contributed by atoms with E-state index in [1.807, 2.05) is 0 Å². The highest BCUT2D eigenvalue weighted by Gasteiger charge is 2.55. The van der Waals surface area contributed by atoms with Crippen LogP contribution in [0, 0.1) is 11.8 Å². The first-order valence-corrected chi connectivity index (χ1v) is 8.52. The molecule has 0 aromatic heterocycles. The van der Waals surface area contributed by atoms with Crippen LogP contribution in [-0.4, -0.2) is 41.1 Å². The number of rotatable bonds is 5. The van der Waals surface area contributed by atoms with Crippen LogP contribution < -0.4 is 4.74 Å². The molecule has 25 heavy (non-hydrogen) atoms. The number of para-hydroxylation sites is 1. The van der Waals surface area contributed by atoms with Gasteiger partial charge in [-0.25, -0.2) is 4.79 Å². The molecule has 1 heterocycles. The molecule has 7 heteroatoms. The van der Waals surface area contributed by atoms with Crippen molar-refractivity contribution in [2.75, 3.05) is 13.2 Å². The number of hydrogen-bond acceptors (Lipinski definition) is 3. The number of carbonyl (C=O) groups excluding carboxylic acids is 1. The molecule has 3 rings (SSSR count). The molecule has 2 aliphatic rings. The van der Waals surface area contributed by atoms with Gasteiger partial charge in [-0.15, -0.1) is 0 Å². The van der Waals surface area contributed by atoms with Gasteiger partial charge in [0.1, 0.15) is 11.8 Å². The predicted octanol–water partition coefficient (Wildman–Crippen LogP) is 2.89. The van der Waals surface area contributed by atoms with Gasteiger partial charge in [0.05, 0.1) is 12.2 Å². The van der Waals surface area contributed by atoms with E-state index in [2.05, 4.69) is 0 Å². The molecule has 0 bridgehead atoms. The Bertz CT molecular complexity index is 679. The number of carbonyl (C=O) groups is 2. The summed E-state index contributed by atoms with van der Waals surface area (Å²) in [4.78, 5) is 25.1. The van der Waals surface area contributed by atoms with E-state index in [0.29, 0.717) is 6.42 Å². The molecule has 1 N–H and O–H groups in total. The first-order valence-electron chi connectivity index (χ1n) is 8.52. The maximum Gasteiger partial charge on any atom is 0.353 e. The molecular formula is C18H21F2NO4. The predicted molar refractivity (Wildman–Crippen MR) is 85.5 cm³/mol. The normalized spacial score (nSPS) is 25.7. The summed E-state index contributed by atoms with van der Waals surface area (Å²) in [6, 6.07) is 4.32. The van der Waals surface area contributed by atoms with Crippen LogP contribution in [0.2, 0.25) is 0 Å². The number of nitrogens with zero attached hydrogens (tertiary/aromatic N) is 1. The Morgan fingerprint density at radius 3 is 2.72 bits per heavy atom. The van der Waals surface area contributed by atoms with E-state index in [1.54, 1.807) is 13.0 Å². The molecule has 1 aliphatic heterocycles. The Balaban J connectivity index is 1.92. The molecule has 1 saturated carbocycles. The Morgan fingerprint density at radius 1 is 1.32 bits per heavy atom. The minimum atomic E-state index is -3.84. The van der Waals surface area contributed by atoms with Crippen molar-refractivity contribution in [3.8, 4) is 5.75 Å². The van der Waals surface area contributed by atoms with Crippen molar-refractivity contribution in [3.05, 3.63) is 29.8 Å². The van der Waals surface area contributed by atoms with Crippen LogP contribution in [0.1, 0.15) is 31.7 Å². The molecule has 136 valence electrons. The third kappa shape index (κ3) is 2.96. The minimum Gasteiger partial charge on any atom is -0.493 e. The first-order chi connectivity index (χ1) is 11.9. The zero-order valence-corrected chi connectivity index (χ0v) is 14.0. The number of amides is 1. The molecule has 0 spiro atoms. The summed E-state index contributed by atoms with van der Waals surface area (Å²) in [5.41, 5.74) is -0.525. The average molecular weight is 353 g/mol. The Labute approximate surface area is 144 Å². The van der Waals surface area contributed by atoms with Crippen molar-refractivity contribution in [1.29, 1.82) is 0 Å². The van der Waals surface area contributed by atoms with Crippen molar-refractivity contribution in [2.45, 2.75) is 38.2 Å². The monoisotopic (exact) mass is 353 g/mol. The lowest BCUT2D eigenvalue weighted by Crippen LogP contribution is -2.49. The van der Waals surface area contributed by atoms with Crippen LogP contribution in [0.5, 0.6) is 5.75 Å². The molecule has 3 unspecified atom stereocenters. The number of ether oxygens (including phenoxy) is 1. The molecule has 1 amide bonds. The van der Waals surface area contributed by atoms with Crippen molar-refractivity contribution in [3.63, 3.8) is 0 Å². The van der Waals surface area contributed by atoms with E-state index in [-0.39, 0.29) is 30.7 Å². The largest absolute Gasteiger partial charge is 0.493 e. The van der Waals surface area contributed by atoms with E-state index in [4.69, 9.17) is 4.74 Å². The quantitative estimate of drug-likeness (QED) is 0.884. The highest BCUT2D eigenvalue weighted by molar-refractivity contribution is 5.90. The molecule has 1 saturated heterocycles. The molecule has 1 aromatic carbocycles. The second-order valence-corrected chi connectivity index (χ2v) is 6.60. The molecule has 2 fully saturated rings. The van der Waals surface area contributed by atoms with Gasteiger partial charge in [0.2, 0.25) is 0 Å². The van der Waals surface area contributed by atoms with E-state index in [1.165, 1.54) is 12.1 Å². The van der Waals surface area contributed by atoms with Crippen molar-refractivity contribution < 1.29 is 28.2 Å². The van der Waals surface area contributed by atoms with Crippen molar-refractivity contribution in [1.82, 2.24) is 4.90 Å². The van der Waals surface area contributed by atoms with Gasteiger partial charge >= 0.3 is 11.9 Å². The van der Waals surface area contributed by atoms with Crippen LogP contribution in [-0.2, 0) is 15.5 Å². The number of fused-ring (bicyclic) bond motifs is 1. The van der Waals surface area contributed by atoms with Gasteiger partial charge in [0.25, 0.3) is 5.91 Å². The third-order valence-corrected chi connectivity index (χ3v) is 5.20. The fraction of sp³-hybridized carbons (Fsp3) is 0.556. The zero-order valence-electron chi connectivity index (χ0n) is 14.0. The van der Waals surface area contributed by atoms with E-state index < -0.39 is 29.4 Å². The highest BCUT2D eigenvalue weighted by atomic mass is 19.3. The number of alkyl halides is 2. The van der Waals surface area contributed by atoms with Gasteiger partial charge in [-0.2, -0.15) is 8.78 Å². The van der Waals surface area contributed by atoms with Gasteiger partial charge in [-0.05, 0) is 43.7 Å². The highest BCUT2D eigenvalue weighted by Crippen LogP contribution is 2.45. The van der Waals surface area contributed by atoms with Gasteiger partial charge in [0.15, 0.2) is 0 Å². The number of halogens is 2. The van der Waals surface area contributed by atoms with E-state index >= 15 is 0 Å². The topological polar surface area (TPSA) is 66.8 Å². The number of likely N-dealkylation sites (tertiary alicyclic amines) is 1. The van der Waals surface area contributed by atoms with E-state index in [0.717, 1.165) is 23.8 Å². The van der Waals surface area contributed by atoms with Crippen LogP contribution in [0.15, 0.2) is 24.3 Å². The van der Waals surface area contributed by atoms with Gasteiger partial charge in [-0.1, -0.05) is 18.6 Å². The summed E-state index contributed by atoms with van der Waals surface area (Å²) in [6.45, 7) is 1.93. The minimum absolute atomic E-state index is 0.0111. The van der Waals surface area contributed by atoms with Crippen molar-refractivity contribution >= 4 is 11.9 Å². The molecule has 0 radical (unpaired) electrons. The maximum absolute atomic E-state index is 14.9. The summed E-state index contributed by atoms with van der Waals surface area (Å²) in [5, 5.41) is 9.49. The summed E-state index contributed by atoms with van der Waals surface area (Å²) < 4.78 is 35.1. The fourth-order valence-electron chi connectivity index (χ4n) is 4.13. The number of carboxylic acid groups (broad SMARTS) is 1. The summed E-state index contributed by atoms with van der Waals surface area (Å²) in [6.07, 6.45) is 2.32. The molecule has 3 atom stereocenters. The van der Waals surface area contributed by atoms with Gasteiger partial charge < -0.3 is 14.7 Å². The Hall–Kier alpha value is -2.18. The molecule has 5 nitrogen and oxygen atoms in total. The fourth-order valence-corrected chi connectivity index (χ4v) is 4.13. The first kappa shape index (κ1) is 17.6. The van der Waals surface area contributed by atoms with Gasteiger partial charge in [0, 0.05) is 6.54 Å². The van der Waals surface area contributed by atoms with Gasteiger partial charge in [-0.3, -0.25) is 4.79 Å². The Morgan fingerprint density at radius 2 is 2.04 bits per heavy atom. The zero-order chi connectivity index (χ0) is 18.2. The third-order valence-electron chi connectivity index (χ3n) is 5.20. The van der Waals surface area contributed by atoms with Crippen LogP contribution >= 0.6 is 0 Å². The lowest BCUT2D eigenvalue weighted by atomic mass is 9.94. The summed E-state index contributed by atoms with van der Waals surface area (Å²) >= 11 is 0. The molecule has 1 aromatic rings. The SMILES string of the molecule is CCOc1ccccc1C(F)(F)C(=O)N1CC2CCCC2C1C(=O)O. The molecular weight excluding hydrogens is 332 g/mol. The maximum atomic E-state index is 14.9. The van der Waals surface area contributed by atoms with Crippen LogP contribution in [0.3, 0.4) is 0 Å². The van der Waals surface area contributed by atoms with Crippen LogP contribution in [0.4, 0.5) is 8.78 Å². The average Bonchev–Trinajstić information content (AvgIpc) is 3.15. The second kappa shape index (κ2) is 6.61. The number of aliphatic carboxylic acids is 1. The Kier molecular flexibility index (Phi) is 4.67. The molecule has 1 aliphatic carbocycles. The smallest absolute Gasteiger partial charge is 0.353 e. The van der Waals surface area contributed by atoms with E-state index in [9.17, 15) is 23.5 Å². The summed E-state index contributed by atoms with van der Waals surface area (Å²) in [5.74, 6) is -6.81. The van der Waals surface area contributed by atoms with Crippen molar-refractivity contribution in [2.24, 2.45) is 11.8 Å². The number of carboxylic acids is 1. The summed E-state index contributed by atoms with van der Waals surface area (Å²) in [7, 11) is 0. The number of hydrogen-bond donors (Lipinski definition) is 1. The lowest BCUT2D eigenvalue weighted by Gasteiger charge is -2.29. The standard InChI is InChI=1S/C18H21F2NO4/c1-2-25-14-9-4-3-8-13(14)18(19,20)17(24)21-10-11-6-5-7-12(11)15(21)16(22)23/h3-4,8-9,11-12,15H,2,5-7,10H2,1H3,(H,22,23). The lowest BCUT2D eigenvalue weighted by molar-refractivity contribution is -0.166.